The Morgan fingerprint density at radius 1 is 1.28 bits per heavy atom. The summed E-state index contributed by atoms with van der Waals surface area (Å²) in [4.78, 5) is 26.8. The van der Waals surface area contributed by atoms with Crippen LogP contribution >= 0.6 is 0 Å². The summed E-state index contributed by atoms with van der Waals surface area (Å²) in [5, 5.41) is 10.2. The molecule has 2 aromatic rings. The summed E-state index contributed by atoms with van der Waals surface area (Å²) in [7, 11) is 2.12. The smallest absolute Gasteiger partial charge is 0.359 e. The van der Waals surface area contributed by atoms with Crippen LogP contribution in [0.1, 0.15) is 47.6 Å². The van der Waals surface area contributed by atoms with E-state index in [9.17, 15) is 9.59 Å². The third kappa shape index (κ3) is 2.60. The van der Waals surface area contributed by atoms with Crippen molar-refractivity contribution in [2.24, 2.45) is 0 Å². The average Bonchev–Trinajstić information content (AvgIpc) is 3.17. The highest BCUT2D eigenvalue weighted by molar-refractivity contribution is 5.96. The molecule has 2 N–H and O–H groups in total. The van der Waals surface area contributed by atoms with Gasteiger partial charge in [0.1, 0.15) is 0 Å². The molecule has 0 saturated carbocycles. The van der Waals surface area contributed by atoms with Crippen LogP contribution in [0.15, 0.2) is 4.79 Å². The molecule has 4 rings (SSSR count). The van der Waals surface area contributed by atoms with Gasteiger partial charge in [0.2, 0.25) is 0 Å². The number of piperidine rings is 1. The summed E-state index contributed by atoms with van der Waals surface area (Å²) in [6.07, 6.45) is 3.37. The number of H-pyrrole nitrogens is 2. The van der Waals surface area contributed by atoms with Crippen molar-refractivity contribution in [3.63, 3.8) is 0 Å². The number of hydrogen-bond acceptors (Lipinski definition) is 5. The van der Waals surface area contributed by atoms with Crippen LogP contribution in [0.5, 0.6) is 0 Å². The lowest BCUT2D eigenvalue weighted by Gasteiger charge is -2.30. The van der Waals surface area contributed by atoms with E-state index < -0.39 is 5.97 Å². The maximum absolute atomic E-state index is 12.5. The Bertz CT molecular complexity index is 854. The fraction of sp³-hybridized carbons (Fsp3) is 0.588. The first-order chi connectivity index (χ1) is 12.1. The monoisotopic (exact) mass is 345 g/mol. The van der Waals surface area contributed by atoms with Crippen molar-refractivity contribution in [3.05, 3.63) is 27.3 Å². The first kappa shape index (κ1) is 16.1. The predicted molar refractivity (Wildman–Crippen MR) is 91.8 cm³/mol. The SMILES string of the molecule is CCOC(=O)c1nn(C2CCN(C)CC2)c2c1-c1[nH][nH]c(=O)c1CC2. The van der Waals surface area contributed by atoms with Crippen LogP contribution < -0.4 is 5.56 Å². The Morgan fingerprint density at radius 2 is 2.04 bits per heavy atom. The summed E-state index contributed by atoms with van der Waals surface area (Å²) in [6, 6.07) is 0.278. The van der Waals surface area contributed by atoms with Gasteiger partial charge in [0, 0.05) is 11.3 Å². The Balaban J connectivity index is 1.83. The number of carbonyl (C=O) groups is 1. The van der Waals surface area contributed by atoms with Gasteiger partial charge in [0.15, 0.2) is 5.69 Å². The lowest BCUT2D eigenvalue weighted by Crippen LogP contribution is -2.32. The molecule has 3 heterocycles. The Labute approximate surface area is 145 Å². The van der Waals surface area contributed by atoms with E-state index in [2.05, 4.69) is 27.2 Å². The van der Waals surface area contributed by atoms with Gasteiger partial charge in [-0.25, -0.2) is 4.79 Å². The number of nitrogens with one attached hydrogen (secondary N) is 2. The fourth-order valence-corrected chi connectivity index (χ4v) is 3.93. The van der Waals surface area contributed by atoms with Crippen molar-refractivity contribution in [1.82, 2.24) is 24.9 Å². The van der Waals surface area contributed by atoms with Gasteiger partial charge in [-0.1, -0.05) is 0 Å². The van der Waals surface area contributed by atoms with Crippen molar-refractivity contribution in [1.29, 1.82) is 0 Å². The molecule has 0 spiro atoms. The number of aromatic nitrogens is 4. The van der Waals surface area contributed by atoms with Gasteiger partial charge in [-0.2, -0.15) is 5.10 Å². The number of fused-ring (bicyclic) bond motifs is 3. The van der Waals surface area contributed by atoms with Gasteiger partial charge >= 0.3 is 5.97 Å². The van der Waals surface area contributed by atoms with E-state index in [1.54, 1.807) is 6.92 Å². The molecule has 0 amide bonds. The van der Waals surface area contributed by atoms with Gasteiger partial charge in [-0.3, -0.25) is 19.7 Å². The summed E-state index contributed by atoms with van der Waals surface area (Å²) >= 11 is 0. The maximum atomic E-state index is 12.5. The molecule has 1 saturated heterocycles. The van der Waals surface area contributed by atoms with Crippen molar-refractivity contribution in [3.8, 4) is 11.3 Å². The normalized spacial score (nSPS) is 18.0. The average molecular weight is 345 g/mol. The molecule has 0 aromatic carbocycles. The quantitative estimate of drug-likeness (QED) is 0.813. The van der Waals surface area contributed by atoms with Gasteiger partial charge in [-0.15, -0.1) is 0 Å². The van der Waals surface area contributed by atoms with Crippen LogP contribution in [0.2, 0.25) is 0 Å². The highest BCUT2D eigenvalue weighted by atomic mass is 16.5. The second kappa shape index (κ2) is 6.18. The van der Waals surface area contributed by atoms with E-state index in [-0.39, 0.29) is 11.6 Å². The van der Waals surface area contributed by atoms with Crippen LogP contribution in [0, 0.1) is 0 Å². The molecule has 2 aliphatic rings. The second-order valence-corrected chi connectivity index (χ2v) is 6.80. The lowest BCUT2D eigenvalue weighted by molar-refractivity contribution is 0.0518. The van der Waals surface area contributed by atoms with Crippen LogP contribution in [0.4, 0.5) is 0 Å². The standard InChI is InChI=1S/C17H23N5O3/c1-3-25-17(24)15-13-12(5-4-11-14(13)18-19-16(11)23)22(20-15)10-6-8-21(2)9-7-10/h10H,3-9H2,1-2H3,(H2,18,19,23). The highest BCUT2D eigenvalue weighted by Crippen LogP contribution is 2.36. The molecule has 134 valence electrons. The molecular weight excluding hydrogens is 322 g/mol. The second-order valence-electron chi connectivity index (χ2n) is 6.80. The third-order valence-corrected chi connectivity index (χ3v) is 5.25. The maximum Gasteiger partial charge on any atom is 0.359 e. The number of nitrogens with zero attached hydrogens (tertiary/aromatic N) is 3. The minimum absolute atomic E-state index is 0.123. The van der Waals surface area contributed by atoms with Gasteiger partial charge in [0.05, 0.1) is 23.9 Å². The molecule has 0 bridgehead atoms. The van der Waals surface area contributed by atoms with Crippen molar-refractivity contribution >= 4 is 5.97 Å². The van der Waals surface area contributed by atoms with E-state index in [1.807, 2.05) is 4.68 Å². The minimum atomic E-state index is -0.430. The molecule has 8 heteroatoms. The van der Waals surface area contributed by atoms with Crippen molar-refractivity contribution in [2.45, 2.75) is 38.6 Å². The number of likely N-dealkylation sites (tertiary alicyclic amines) is 1. The largest absolute Gasteiger partial charge is 0.461 e. The van der Waals surface area contributed by atoms with Gasteiger partial charge < -0.3 is 9.64 Å². The molecule has 1 aliphatic heterocycles. The van der Waals surface area contributed by atoms with Crippen LogP contribution in [-0.2, 0) is 17.6 Å². The van der Waals surface area contributed by atoms with Crippen LogP contribution in [0.25, 0.3) is 11.3 Å². The Hall–Kier alpha value is -2.35. The summed E-state index contributed by atoms with van der Waals surface area (Å²) in [6.45, 7) is 4.10. The van der Waals surface area contributed by atoms with E-state index in [0.29, 0.717) is 36.4 Å². The van der Waals surface area contributed by atoms with Gasteiger partial charge in [0.25, 0.3) is 5.56 Å². The fourth-order valence-electron chi connectivity index (χ4n) is 3.93. The summed E-state index contributed by atoms with van der Waals surface area (Å²) in [5.74, 6) is -0.430. The van der Waals surface area contributed by atoms with Gasteiger partial charge in [-0.05, 0) is 52.7 Å². The number of carbonyl (C=O) groups excluding carboxylic acids is 1. The molecule has 1 aliphatic carbocycles. The number of ether oxygens (including phenoxy) is 1. The zero-order valence-electron chi connectivity index (χ0n) is 14.6. The summed E-state index contributed by atoms with van der Waals surface area (Å²) < 4.78 is 7.23. The van der Waals surface area contributed by atoms with E-state index in [4.69, 9.17) is 4.74 Å². The predicted octanol–water partition coefficient (Wildman–Crippen LogP) is 1.11. The van der Waals surface area contributed by atoms with Crippen LogP contribution in [0.3, 0.4) is 0 Å². The number of rotatable bonds is 3. The first-order valence-corrected chi connectivity index (χ1v) is 8.87. The van der Waals surface area contributed by atoms with E-state index >= 15 is 0 Å². The summed E-state index contributed by atoms with van der Waals surface area (Å²) in [5.41, 5.74) is 3.33. The minimum Gasteiger partial charge on any atom is -0.461 e. The molecule has 2 aromatic heterocycles. The first-order valence-electron chi connectivity index (χ1n) is 8.87. The third-order valence-electron chi connectivity index (χ3n) is 5.25. The Morgan fingerprint density at radius 3 is 2.76 bits per heavy atom. The molecule has 8 nitrogen and oxygen atoms in total. The molecule has 0 unspecified atom stereocenters. The lowest BCUT2D eigenvalue weighted by atomic mass is 9.93. The molecule has 1 fully saturated rings. The topological polar surface area (TPSA) is 96.0 Å². The van der Waals surface area contributed by atoms with E-state index in [0.717, 1.165) is 37.2 Å². The van der Waals surface area contributed by atoms with E-state index in [1.165, 1.54) is 0 Å². The molecular formula is C17H23N5O3. The Kier molecular flexibility index (Phi) is 3.99. The number of esters is 1. The number of hydrogen-bond donors (Lipinski definition) is 2. The molecule has 0 atom stereocenters. The molecule has 0 radical (unpaired) electrons. The zero-order chi connectivity index (χ0) is 17.6. The van der Waals surface area contributed by atoms with Crippen LogP contribution in [-0.4, -0.2) is 57.6 Å². The zero-order valence-corrected chi connectivity index (χ0v) is 14.6. The van der Waals surface area contributed by atoms with Crippen molar-refractivity contribution < 1.29 is 9.53 Å². The molecule has 25 heavy (non-hydrogen) atoms. The highest BCUT2D eigenvalue weighted by Gasteiger charge is 2.34. The van der Waals surface area contributed by atoms with Crippen molar-refractivity contribution in [2.75, 3.05) is 26.7 Å². The number of aromatic amines is 2.